The molecule has 0 aliphatic carbocycles. The first-order valence-corrected chi connectivity index (χ1v) is 8.90. The smallest absolute Gasteiger partial charge is 0.338 e. The lowest BCUT2D eigenvalue weighted by Gasteiger charge is -2.11. The third kappa shape index (κ3) is 3.45. The van der Waals surface area contributed by atoms with Crippen molar-refractivity contribution in [2.75, 3.05) is 11.8 Å². The molecule has 0 unspecified atom stereocenters. The molecule has 0 saturated carbocycles. The van der Waals surface area contributed by atoms with Crippen LogP contribution in [0.5, 0.6) is 0 Å². The summed E-state index contributed by atoms with van der Waals surface area (Å²) in [6, 6.07) is 7.96. The molecule has 1 aromatic carbocycles. The molecule has 0 atom stereocenters. The van der Waals surface area contributed by atoms with E-state index in [1.165, 1.54) is 13.2 Å². The molecule has 0 saturated heterocycles. The number of methoxy groups -OCH3 is 1. The van der Waals surface area contributed by atoms with Crippen molar-refractivity contribution < 1.29 is 17.9 Å². The van der Waals surface area contributed by atoms with Crippen LogP contribution in [-0.2, 0) is 14.8 Å². The summed E-state index contributed by atoms with van der Waals surface area (Å²) in [4.78, 5) is 11.6. The summed E-state index contributed by atoms with van der Waals surface area (Å²) in [5.74, 6) is -0.507. The van der Waals surface area contributed by atoms with Crippen LogP contribution in [0.2, 0.25) is 0 Å². The fourth-order valence-electron chi connectivity index (χ4n) is 1.71. The van der Waals surface area contributed by atoms with Gasteiger partial charge in [-0.05, 0) is 52.7 Å². The van der Waals surface area contributed by atoms with E-state index in [-0.39, 0.29) is 4.21 Å². The number of ether oxygens (including phenoxy) is 1. The number of benzene rings is 1. The van der Waals surface area contributed by atoms with Gasteiger partial charge >= 0.3 is 5.97 Å². The highest BCUT2D eigenvalue weighted by atomic mass is 79.9. The number of hydrogen-bond acceptors (Lipinski definition) is 5. The number of hydrogen-bond donors (Lipinski definition) is 1. The van der Waals surface area contributed by atoms with Gasteiger partial charge in [-0.1, -0.05) is 6.07 Å². The minimum atomic E-state index is -3.68. The molecule has 8 heteroatoms. The second-order valence-corrected chi connectivity index (χ2v) is 8.51. The molecule has 0 aliphatic rings. The van der Waals surface area contributed by atoms with Gasteiger partial charge in [-0.3, -0.25) is 4.72 Å². The van der Waals surface area contributed by atoms with Crippen LogP contribution in [0.25, 0.3) is 0 Å². The largest absolute Gasteiger partial charge is 0.465 e. The predicted octanol–water partition coefficient (Wildman–Crippen LogP) is 3.41. The summed E-state index contributed by atoms with van der Waals surface area (Å²) in [6.45, 7) is 1.66. The van der Waals surface area contributed by atoms with Crippen LogP contribution >= 0.6 is 27.3 Å². The van der Waals surface area contributed by atoms with E-state index >= 15 is 0 Å². The first-order valence-electron chi connectivity index (χ1n) is 5.81. The fourth-order valence-corrected chi connectivity index (χ4v) is 4.85. The number of nitrogens with one attached hydrogen (secondary N) is 1. The van der Waals surface area contributed by atoms with Crippen molar-refractivity contribution >= 4 is 48.9 Å². The number of anilines is 1. The van der Waals surface area contributed by atoms with E-state index in [9.17, 15) is 13.2 Å². The Kier molecular flexibility index (Phi) is 4.70. The molecule has 0 radical (unpaired) electrons. The maximum absolute atomic E-state index is 12.3. The molecule has 2 aromatic rings. The summed E-state index contributed by atoms with van der Waals surface area (Å²) in [7, 11) is -2.40. The Bertz CT molecular complexity index is 783. The molecule has 0 bridgehead atoms. The number of rotatable bonds is 4. The quantitative estimate of drug-likeness (QED) is 0.813. The molecular weight excluding hydrogens is 378 g/mol. The van der Waals surface area contributed by atoms with Gasteiger partial charge in [-0.25, -0.2) is 13.2 Å². The molecule has 1 aromatic heterocycles. The van der Waals surface area contributed by atoms with Crippen LogP contribution < -0.4 is 4.72 Å². The molecule has 5 nitrogen and oxygen atoms in total. The van der Waals surface area contributed by atoms with Gasteiger partial charge in [-0.2, -0.15) is 0 Å². The summed E-state index contributed by atoms with van der Waals surface area (Å²) < 4.78 is 32.6. The third-order valence-electron chi connectivity index (χ3n) is 2.80. The van der Waals surface area contributed by atoms with Gasteiger partial charge in [0.2, 0.25) is 0 Å². The zero-order valence-electron chi connectivity index (χ0n) is 11.2. The van der Waals surface area contributed by atoms with Crippen LogP contribution in [0.15, 0.2) is 38.3 Å². The highest BCUT2D eigenvalue weighted by Crippen LogP contribution is 2.29. The minimum Gasteiger partial charge on any atom is -0.465 e. The average Bonchev–Trinajstić information content (AvgIpc) is 2.88. The van der Waals surface area contributed by atoms with Crippen molar-refractivity contribution in [3.05, 3.63) is 45.2 Å². The lowest BCUT2D eigenvalue weighted by Crippen LogP contribution is -2.14. The van der Waals surface area contributed by atoms with E-state index in [0.717, 1.165) is 15.1 Å². The average molecular weight is 390 g/mol. The van der Waals surface area contributed by atoms with Crippen LogP contribution in [0.1, 0.15) is 15.9 Å². The number of thiophene rings is 1. The van der Waals surface area contributed by atoms with Crippen molar-refractivity contribution in [2.45, 2.75) is 11.1 Å². The van der Waals surface area contributed by atoms with Crippen LogP contribution in [0.4, 0.5) is 5.69 Å². The zero-order valence-corrected chi connectivity index (χ0v) is 14.4. The van der Waals surface area contributed by atoms with Gasteiger partial charge in [0, 0.05) is 0 Å². The first-order chi connectivity index (χ1) is 9.85. The Balaban J connectivity index is 2.38. The summed E-state index contributed by atoms with van der Waals surface area (Å²) in [6.07, 6.45) is 0. The van der Waals surface area contributed by atoms with Gasteiger partial charge in [0.05, 0.1) is 22.1 Å². The van der Waals surface area contributed by atoms with Crippen LogP contribution in [0.3, 0.4) is 0 Å². The van der Waals surface area contributed by atoms with E-state index in [0.29, 0.717) is 16.8 Å². The van der Waals surface area contributed by atoms with Gasteiger partial charge in [0.25, 0.3) is 10.0 Å². The van der Waals surface area contributed by atoms with Crippen LogP contribution in [-0.4, -0.2) is 21.5 Å². The monoisotopic (exact) mass is 389 g/mol. The zero-order chi connectivity index (χ0) is 15.6. The summed E-state index contributed by atoms with van der Waals surface area (Å²) in [5.41, 5.74) is 1.19. The molecule has 0 amide bonds. The SMILES string of the molecule is COC(=O)c1cccc(NS(=O)(=O)c2ccc(Br)s2)c1C. The lowest BCUT2D eigenvalue weighted by atomic mass is 10.1. The molecule has 0 spiro atoms. The van der Waals surface area contributed by atoms with E-state index in [1.807, 2.05) is 0 Å². The number of halogens is 1. The van der Waals surface area contributed by atoms with Gasteiger partial charge < -0.3 is 4.74 Å². The van der Waals surface area contributed by atoms with E-state index in [2.05, 4.69) is 25.4 Å². The first kappa shape index (κ1) is 16.0. The molecular formula is C13H12BrNO4S2. The minimum absolute atomic E-state index is 0.192. The number of sulfonamides is 1. The number of carbonyl (C=O) groups excluding carboxylic acids is 1. The molecule has 0 aliphatic heterocycles. The van der Waals surface area contributed by atoms with E-state index in [4.69, 9.17) is 0 Å². The lowest BCUT2D eigenvalue weighted by molar-refractivity contribution is 0.0600. The highest BCUT2D eigenvalue weighted by molar-refractivity contribution is 9.11. The van der Waals surface area contributed by atoms with Crippen molar-refractivity contribution in [2.24, 2.45) is 0 Å². The Morgan fingerprint density at radius 1 is 1.29 bits per heavy atom. The Morgan fingerprint density at radius 2 is 2.00 bits per heavy atom. The Hall–Kier alpha value is -1.38. The van der Waals surface area contributed by atoms with Crippen LogP contribution in [0, 0.1) is 6.92 Å². The second kappa shape index (κ2) is 6.17. The molecule has 0 fully saturated rings. The molecule has 1 heterocycles. The van der Waals surface area contributed by atoms with Crippen molar-refractivity contribution in [1.29, 1.82) is 0 Å². The maximum atomic E-state index is 12.3. The van der Waals surface area contributed by atoms with Gasteiger partial charge in [-0.15, -0.1) is 11.3 Å². The van der Waals surface area contributed by atoms with Gasteiger partial charge in [0.1, 0.15) is 4.21 Å². The van der Waals surface area contributed by atoms with Crippen molar-refractivity contribution in [3.63, 3.8) is 0 Å². The Labute approximate surface area is 135 Å². The fraction of sp³-hybridized carbons (Fsp3) is 0.154. The summed E-state index contributed by atoms with van der Waals surface area (Å²) in [5, 5.41) is 0. The molecule has 112 valence electrons. The standard InChI is InChI=1S/C13H12BrNO4S2/c1-8-9(13(16)19-2)4-3-5-10(8)15-21(17,18)12-7-6-11(14)20-12/h3-7,15H,1-2H3. The maximum Gasteiger partial charge on any atom is 0.338 e. The number of carbonyl (C=O) groups is 1. The molecule has 1 N–H and O–H groups in total. The topological polar surface area (TPSA) is 72.5 Å². The van der Waals surface area contributed by atoms with Crippen molar-refractivity contribution in [1.82, 2.24) is 0 Å². The predicted molar refractivity (Wildman–Crippen MR) is 85.3 cm³/mol. The molecule has 2 rings (SSSR count). The highest BCUT2D eigenvalue weighted by Gasteiger charge is 2.19. The number of esters is 1. The second-order valence-electron chi connectivity index (χ2n) is 4.13. The third-order valence-corrected chi connectivity index (χ3v) is 6.28. The molecule has 21 heavy (non-hydrogen) atoms. The summed E-state index contributed by atoms with van der Waals surface area (Å²) >= 11 is 4.34. The van der Waals surface area contributed by atoms with E-state index < -0.39 is 16.0 Å². The Morgan fingerprint density at radius 3 is 2.57 bits per heavy atom. The van der Waals surface area contributed by atoms with Gasteiger partial charge in [0.15, 0.2) is 0 Å². The van der Waals surface area contributed by atoms with E-state index in [1.54, 1.807) is 31.2 Å². The van der Waals surface area contributed by atoms with Crippen molar-refractivity contribution in [3.8, 4) is 0 Å². The normalized spacial score (nSPS) is 11.2.